The lowest BCUT2D eigenvalue weighted by molar-refractivity contribution is 0.110. The molecule has 2 aromatic carbocycles. The third-order valence-electron chi connectivity index (χ3n) is 3.03. The van der Waals surface area contributed by atoms with E-state index in [2.05, 4.69) is 0 Å². The lowest BCUT2D eigenvalue weighted by atomic mass is 10.1. The number of alkyl halides is 2. The van der Waals surface area contributed by atoms with E-state index in [1.165, 1.54) is 0 Å². The van der Waals surface area contributed by atoms with E-state index in [9.17, 15) is 10.2 Å². The molecule has 120 valence electrons. The van der Waals surface area contributed by atoms with Crippen LogP contribution in [-0.4, -0.2) is 47.4 Å². The van der Waals surface area contributed by atoms with Crippen molar-refractivity contribution >= 4 is 34.0 Å². The fraction of sp³-hybridized carbons (Fsp3) is 0.375. The lowest BCUT2D eigenvalue weighted by Gasteiger charge is -2.16. The second-order valence-electron chi connectivity index (χ2n) is 4.88. The molecule has 4 nitrogen and oxygen atoms in total. The smallest absolute Gasteiger partial charge is 0.161 e. The van der Waals surface area contributed by atoms with E-state index in [-0.39, 0.29) is 25.0 Å². The average Bonchev–Trinajstić information content (AvgIpc) is 2.56. The van der Waals surface area contributed by atoms with Gasteiger partial charge in [0.25, 0.3) is 0 Å². The van der Waals surface area contributed by atoms with Crippen molar-refractivity contribution < 1.29 is 19.7 Å². The quantitative estimate of drug-likeness (QED) is 0.723. The van der Waals surface area contributed by atoms with Gasteiger partial charge in [0.05, 0.1) is 11.8 Å². The first-order valence-electron chi connectivity index (χ1n) is 6.90. The Bertz CT molecular complexity index is 553. The fourth-order valence-corrected chi connectivity index (χ4v) is 2.06. The summed E-state index contributed by atoms with van der Waals surface area (Å²) >= 11 is 11.1. The highest BCUT2D eigenvalue weighted by Crippen LogP contribution is 2.33. The largest absolute Gasteiger partial charge is 0.487 e. The Hall–Kier alpha value is -1.20. The number of halogens is 2. The van der Waals surface area contributed by atoms with E-state index in [0.717, 1.165) is 10.8 Å². The Morgan fingerprint density at radius 2 is 1.23 bits per heavy atom. The second-order valence-corrected chi connectivity index (χ2v) is 5.50. The van der Waals surface area contributed by atoms with Crippen molar-refractivity contribution in [3.05, 3.63) is 36.4 Å². The summed E-state index contributed by atoms with van der Waals surface area (Å²) in [6, 6.07) is 11.4. The van der Waals surface area contributed by atoms with Gasteiger partial charge >= 0.3 is 0 Å². The van der Waals surface area contributed by atoms with E-state index in [0.29, 0.717) is 11.5 Å². The molecule has 0 saturated carbocycles. The highest BCUT2D eigenvalue weighted by atomic mass is 35.5. The maximum absolute atomic E-state index is 9.52. The molecule has 0 aliphatic carbocycles. The number of rotatable bonds is 8. The molecule has 0 radical (unpaired) electrons. The van der Waals surface area contributed by atoms with Crippen LogP contribution in [0.4, 0.5) is 0 Å². The van der Waals surface area contributed by atoms with Crippen molar-refractivity contribution in [3.63, 3.8) is 0 Å². The summed E-state index contributed by atoms with van der Waals surface area (Å²) in [5.74, 6) is 1.16. The predicted octanol–water partition coefficient (Wildman–Crippen LogP) is 2.80. The van der Waals surface area contributed by atoms with Gasteiger partial charge in [-0.15, -0.1) is 23.2 Å². The second kappa shape index (κ2) is 8.44. The van der Waals surface area contributed by atoms with Crippen LogP contribution in [0.2, 0.25) is 0 Å². The Balaban J connectivity index is 2.24. The van der Waals surface area contributed by atoms with Gasteiger partial charge in [0, 0.05) is 0 Å². The molecular weight excluding hydrogens is 327 g/mol. The molecule has 2 aromatic rings. The molecule has 22 heavy (non-hydrogen) atoms. The summed E-state index contributed by atoms with van der Waals surface area (Å²) in [4.78, 5) is 0. The number of benzene rings is 2. The third-order valence-corrected chi connectivity index (χ3v) is 3.74. The SMILES string of the molecule is OC(CCl)COc1cc2ccccc2cc1OCC(O)CCl. The van der Waals surface area contributed by atoms with Crippen molar-refractivity contribution in [1.82, 2.24) is 0 Å². The van der Waals surface area contributed by atoms with Crippen molar-refractivity contribution in [2.45, 2.75) is 12.2 Å². The maximum atomic E-state index is 9.52. The maximum Gasteiger partial charge on any atom is 0.161 e. The summed E-state index contributed by atoms with van der Waals surface area (Å²) in [5, 5.41) is 21.0. The molecule has 0 saturated heterocycles. The Labute approximate surface area is 139 Å². The molecule has 0 spiro atoms. The molecule has 0 aliphatic heterocycles. The molecule has 0 fully saturated rings. The van der Waals surface area contributed by atoms with Gasteiger partial charge in [-0.3, -0.25) is 0 Å². The van der Waals surface area contributed by atoms with E-state index < -0.39 is 12.2 Å². The fourth-order valence-electron chi connectivity index (χ4n) is 1.89. The highest BCUT2D eigenvalue weighted by molar-refractivity contribution is 6.18. The van der Waals surface area contributed by atoms with Gasteiger partial charge in [-0.05, 0) is 22.9 Å². The van der Waals surface area contributed by atoms with Crippen molar-refractivity contribution in [2.24, 2.45) is 0 Å². The number of hydrogen-bond donors (Lipinski definition) is 2. The zero-order valence-corrected chi connectivity index (χ0v) is 13.4. The van der Waals surface area contributed by atoms with E-state index >= 15 is 0 Å². The van der Waals surface area contributed by atoms with Crippen LogP contribution in [0, 0.1) is 0 Å². The van der Waals surface area contributed by atoms with Gasteiger partial charge in [0.15, 0.2) is 11.5 Å². The van der Waals surface area contributed by atoms with Crippen LogP contribution in [0.3, 0.4) is 0 Å². The number of hydrogen-bond acceptors (Lipinski definition) is 4. The van der Waals surface area contributed by atoms with Gasteiger partial charge in [0.2, 0.25) is 0 Å². The monoisotopic (exact) mass is 344 g/mol. The molecule has 0 aliphatic rings. The summed E-state index contributed by atoms with van der Waals surface area (Å²) < 4.78 is 11.2. The molecule has 0 bridgehead atoms. The van der Waals surface area contributed by atoms with E-state index in [1.807, 2.05) is 36.4 Å². The average molecular weight is 345 g/mol. The van der Waals surface area contributed by atoms with Gasteiger partial charge < -0.3 is 19.7 Å². The molecule has 2 N–H and O–H groups in total. The Kier molecular flexibility index (Phi) is 6.58. The van der Waals surface area contributed by atoms with Crippen molar-refractivity contribution in [3.8, 4) is 11.5 Å². The van der Waals surface area contributed by atoms with Crippen LogP contribution in [0.15, 0.2) is 36.4 Å². The molecule has 0 amide bonds. The van der Waals surface area contributed by atoms with Crippen LogP contribution in [0.5, 0.6) is 11.5 Å². The first-order chi connectivity index (χ1) is 10.6. The zero-order valence-electron chi connectivity index (χ0n) is 11.9. The first kappa shape index (κ1) is 17.2. The van der Waals surface area contributed by atoms with Gasteiger partial charge in [0.1, 0.15) is 25.4 Å². The number of ether oxygens (including phenoxy) is 2. The van der Waals surface area contributed by atoms with Crippen LogP contribution in [-0.2, 0) is 0 Å². The summed E-state index contributed by atoms with van der Waals surface area (Å²) in [6.07, 6.45) is -1.51. The Morgan fingerprint density at radius 3 is 1.59 bits per heavy atom. The molecule has 2 rings (SSSR count). The van der Waals surface area contributed by atoms with Gasteiger partial charge in [-0.2, -0.15) is 0 Å². The lowest BCUT2D eigenvalue weighted by Crippen LogP contribution is -2.21. The molecule has 2 atom stereocenters. The standard InChI is InChI=1S/C16H18Cl2O4/c17-7-13(19)9-21-15-5-11-3-1-2-4-12(11)6-16(15)22-10-14(20)8-18/h1-6,13-14,19-20H,7-10H2. The van der Waals surface area contributed by atoms with E-state index in [4.69, 9.17) is 32.7 Å². The number of aliphatic hydroxyl groups excluding tert-OH is 2. The van der Waals surface area contributed by atoms with Gasteiger partial charge in [-0.1, -0.05) is 24.3 Å². The van der Waals surface area contributed by atoms with Crippen molar-refractivity contribution in [2.75, 3.05) is 25.0 Å². The first-order valence-corrected chi connectivity index (χ1v) is 7.97. The van der Waals surface area contributed by atoms with Crippen LogP contribution in [0.25, 0.3) is 10.8 Å². The topological polar surface area (TPSA) is 58.9 Å². The third kappa shape index (κ3) is 4.65. The van der Waals surface area contributed by atoms with Gasteiger partial charge in [-0.25, -0.2) is 0 Å². The normalized spacial score (nSPS) is 13.8. The molecule has 0 heterocycles. The minimum Gasteiger partial charge on any atom is -0.487 e. The summed E-state index contributed by atoms with van der Waals surface area (Å²) in [7, 11) is 0. The summed E-state index contributed by atoms with van der Waals surface area (Å²) in [5.41, 5.74) is 0. The number of fused-ring (bicyclic) bond motifs is 1. The molecule has 6 heteroatoms. The van der Waals surface area contributed by atoms with Crippen LogP contribution in [0.1, 0.15) is 0 Å². The van der Waals surface area contributed by atoms with Crippen LogP contribution >= 0.6 is 23.2 Å². The molecular formula is C16H18Cl2O4. The Morgan fingerprint density at radius 1 is 0.818 bits per heavy atom. The highest BCUT2D eigenvalue weighted by Gasteiger charge is 2.12. The molecule has 2 unspecified atom stereocenters. The zero-order chi connectivity index (χ0) is 15.9. The molecule has 0 aromatic heterocycles. The van der Waals surface area contributed by atoms with E-state index in [1.54, 1.807) is 0 Å². The minimum absolute atomic E-state index is 0.0657. The summed E-state index contributed by atoms with van der Waals surface area (Å²) in [6.45, 7) is 0.131. The number of aliphatic hydroxyl groups is 2. The van der Waals surface area contributed by atoms with Crippen LogP contribution < -0.4 is 9.47 Å². The minimum atomic E-state index is -0.755. The predicted molar refractivity (Wildman–Crippen MR) is 88.4 cm³/mol. The van der Waals surface area contributed by atoms with Crippen molar-refractivity contribution in [1.29, 1.82) is 0 Å².